The smallest absolute Gasteiger partial charge is 0.330 e. The SMILES string of the molecule is CCn1ccc(=O)n(CCC(C)(C)O)c1=O. The highest BCUT2D eigenvalue weighted by Gasteiger charge is 2.14. The molecule has 1 aromatic heterocycles. The lowest BCUT2D eigenvalue weighted by Gasteiger charge is -2.17. The van der Waals surface area contributed by atoms with E-state index in [0.717, 1.165) is 4.57 Å². The van der Waals surface area contributed by atoms with Crippen LogP contribution in [0.3, 0.4) is 0 Å². The molecule has 0 bridgehead atoms. The monoisotopic (exact) mass is 226 g/mol. The van der Waals surface area contributed by atoms with Crippen molar-refractivity contribution in [3.63, 3.8) is 0 Å². The molecule has 0 aliphatic carbocycles. The van der Waals surface area contributed by atoms with Gasteiger partial charge in [0.05, 0.1) is 5.60 Å². The zero-order valence-electron chi connectivity index (χ0n) is 9.93. The maximum atomic E-state index is 11.8. The van der Waals surface area contributed by atoms with Crippen LogP contribution in [0.2, 0.25) is 0 Å². The fourth-order valence-corrected chi connectivity index (χ4v) is 1.39. The molecule has 0 radical (unpaired) electrons. The summed E-state index contributed by atoms with van der Waals surface area (Å²) < 4.78 is 2.62. The van der Waals surface area contributed by atoms with E-state index < -0.39 is 5.60 Å². The van der Waals surface area contributed by atoms with E-state index in [4.69, 9.17) is 0 Å². The molecule has 0 aromatic carbocycles. The van der Waals surface area contributed by atoms with Crippen LogP contribution in [0.1, 0.15) is 27.2 Å². The van der Waals surface area contributed by atoms with E-state index in [-0.39, 0.29) is 17.8 Å². The average molecular weight is 226 g/mol. The van der Waals surface area contributed by atoms with E-state index >= 15 is 0 Å². The summed E-state index contributed by atoms with van der Waals surface area (Å²) in [6.45, 7) is 5.91. The second-order valence-corrected chi connectivity index (χ2v) is 4.44. The summed E-state index contributed by atoms with van der Waals surface area (Å²) in [4.78, 5) is 23.3. The zero-order valence-corrected chi connectivity index (χ0v) is 9.93. The predicted molar refractivity (Wildman–Crippen MR) is 61.6 cm³/mol. The second-order valence-electron chi connectivity index (χ2n) is 4.44. The summed E-state index contributed by atoms with van der Waals surface area (Å²) in [6.07, 6.45) is 1.86. The average Bonchev–Trinajstić information content (AvgIpc) is 2.16. The summed E-state index contributed by atoms with van der Waals surface area (Å²) in [7, 11) is 0. The van der Waals surface area contributed by atoms with Gasteiger partial charge in [-0.3, -0.25) is 9.36 Å². The Hall–Kier alpha value is -1.36. The number of rotatable bonds is 4. The van der Waals surface area contributed by atoms with Crippen molar-refractivity contribution in [3.05, 3.63) is 33.1 Å². The first-order valence-electron chi connectivity index (χ1n) is 5.38. The normalized spacial score (nSPS) is 11.8. The van der Waals surface area contributed by atoms with E-state index in [2.05, 4.69) is 0 Å². The van der Waals surface area contributed by atoms with E-state index in [1.165, 1.54) is 16.8 Å². The number of aliphatic hydroxyl groups is 1. The summed E-state index contributed by atoms with van der Waals surface area (Å²) in [5.41, 5.74) is -1.52. The van der Waals surface area contributed by atoms with Crippen molar-refractivity contribution in [1.29, 1.82) is 0 Å². The molecular formula is C11H18N2O3. The van der Waals surface area contributed by atoms with Gasteiger partial charge in [-0.25, -0.2) is 4.79 Å². The fourth-order valence-electron chi connectivity index (χ4n) is 1.39. The Bertz CT molecular complexity index is 465. The molecule has 0 amide bonds. The minimum Gasteiger partial charge on any atom is -0.390 e. The first-order valence-corrected chi connectivity index (χ1v) is 5.38. The fraction of sp³-hybridized carbons (Fsp3) is 0.636. The molecule has 1 N–H and O–H groups in total. The van der Waals surface area contributed by atoms with Gasteiger partial charge in [0, 0.05) is 25.4 Å². The van der Waals surface area contributed by atoms with Gasteiger partial charge in [0.15, 0.2) is 0 Å². The lowest BCUT2D eigenvalue weighted by Crippen LogP contribution is -2.40. The zero-order chi connectivity index (χ0) is 12.3. The van der Waals surface area contributed by atoms with Gasteiger partial charge in [0.25, 0.3) is 5.56 Å². The van der Waals surface area contributed by atoms with Crippen LogP contribution in [0, 0.1) is 0 Å². The summed E-state index contributed by atoms with van der Waals surface area (Å²) in [6, 6.07) is 1.37. The summed E-state index contributed by atoms with van der Waals surface area (Å²) in [5.74, 6) is 0. The highest BCUT2D eigenvalue weighted by atomic mass is 16.3. The Kier molecular flexibility index (Phi) is 3.70. The molecule has 1 rings (SSSR count). The number of aromatic nitrogens is 2. The first-order chi connectivity index (χ1) is 7.35. The van der Waals surface area contributed by atoms with Gasteiger partial charge in [0.2, 0.25) is 0 Å². The van der Waals surface area contributed by atoms with Crippen LogP contribution in [0.15, 0.2) is 21.9 Å². The van der Waals surface area contributed by atoms with E-state index in [1.54, 1.807) is 13.8 Å². The molecule has 0 atom stereocenters. The van der Waals surface area contributed by atoms with Crippen LogP contribution < -0.4 is 11.2 Å². The van der Waals surface area contributed by atoms with Gasteiger partial charge in [-0.2, -0.15) is 0 Å². The van der Waals surface area contributed by atoms with Crippen molar-refractivity contribution in [1.82, 2.24) is 9.13 Å². The van der Waals surface area contributed by atoms with Crippen LogP contribution in [0.25, 0.3) is 0 Å². The van der Waals surface area contributed by atoms with Gasteiger partial charge < -0.3 is 9.67 Å². The largest absolute Gasteiger partial charge is 0.390 e. The predicted octanol–water partition coefficient (Wildman–Crippen LogP) is 0.191. The molecule has 5 nitrogen and oxygen atoms in total. The lowest BCUT2D eigenvalue weighted by atomic mass is 10.1. The van der Waals surface area contributed by atoms with Gasteiger partial charge in [0.1, 0.15) is 0 Å². The second kappa shape index (κ2) is 4.65. The van der Waals surface area contributed by atoms with E-state index in [9.17, 15) is 14.7 Å². The maximum absolute atomic E-state index is 11.8. The third-order valence-corrected chi connectivity index (χ3v) is 2.43. The number of nitrogens with zero attached hydrogens (tertiary/aromatic N) is 2. The van der Waals surface area contributed by atoms with Gasteiger partial charge in [-0.1, -0.05) is 0 Å². The van der Waals surface area contributed by atoms with Crippen molar-refractivity contribution < 1.29 is 5.11 Å². The molecule has 0 spiro atoms. The molecule has 16 heavy (non-hydrogen) atoms. The van der Waals surface area contributed by atoms with Crippen LogP contribution >= 0.6 is 0 Å². The van der Waals surface area contributed by atoms with Crippen molar-refractivity contribution in [3.8, 4) is 0 Å². The topological polar surface area (TPSA) is 64.2 Å². The van der Waals surface area contributed by atoms with Crippen LogP contribution in [-0.4, -0.2) is 19.8 Å². The van der Waals surface area contributed by atoms with Crippen molar-refractivity contribution in [2.24, 2.45) is 0 Å². The van der Waals surface area contributed by atoms with E-state index in [0.29, 0.717) is 13.0 Å². The molecule has 1 aromatic rings. The Labute approximate surface area is 94.0 Å². The van der Waals surface area contributed by atoms with Crippen LogP contribution in [0.5, 0.6) is 0 Å². The quantitative estimate of drug-likeness (QED) is 0.797. The number of hydrogen-bond acceptors (Lipinski definition) is 3. The highest BCUT2D eigenvalue weighted by Crippen LogP contribution is 2.06. The molecule has 1 heterocycles. The standard InChI is InChI=1S/C11H18N2O3/c1-4-12-7-5-9(14)13(10(12)15)8-6-11(2,3)16/h5,7,16H,4,6,8H2,1-3H3. The Balaban J connectivity index is 3.04. The molecule has 0 saturated carbocycles. The number of hydrogen-bond donors (Lipinski definition) is 1. The van der Waals surface area contributed by atoms with Crippen LogP contribution in [-0.2, 0) is 13.1 Å². The molecule has 90 valence electrons. The Morgan fingerprint density at radius 1 is 1.38 bits per heavy atom. The minimum atomic E-state index is -0.876. The van der Waals surface area contributed by atoms with Gasteiger partial charge in [-0.15, -0.1) is 0 Å². The minimum absolute atomic E-state index is 0.238. The number of aryl methyl sites for hydroxylation is 1. The van der Waals surface area contributed by atoms with Crippen molar-refractivity contribution in [2.45, 2.75) is 45.9 Å². The molecular weight excluding hydrogens is 208 g/mol. The molecule has 0 aliphatic rings. The first kappa shape index (κ1) is 12.7. The molecule has 0 unspecified atom stereocenters. The lowest BCUT2D eigenvalue weighted by molar-refractivity contribution is 0.0654. The summed E-state index contributed by atoms with van der Waals surface area (Å²) >= 11 is 0. The molecule has 0 fully saturated rings. The van der Waals surface area contributed by atoms with Crippen molar-refractivity contribution >= 4 is 0 Å². The summed E-state index contributed by atoms with van der Waals surface area (Å²) in [5, 5.41) is 9.56. The Morgan fingerprint density at radius 3 is 2.50 bits per heavy atom. The third-order valence-electron chi connectivity index (χ3n) is 2.43. The maximum Gasteiger partial charge on any atom is 0.330 e. The Morgan fingerprint density at radius 2 is 2.00 bits per heavy atom. The third kappa shape index (κ3) is 3.06. The van der Waals surface area contributed by atoms with Crippen molar-refractivity contribution in [2.75, 3.05) is 0 Å². The van der Waals surface area contributed by atoms with Gasteiger partial charge >= 0.3 is 5.69 Å². The molecule has 0 aliphatic heterocycles. The highest BCUT2D eigenvalue weighted by molar-refractivity contribution is 4.86. The van der Waals surface area contributed by atoms with Gasteiger partial charge in [-0.05, 0) is 27.2 Å². The van der Waals surface area contributed by atoms with E-state index in [1.807, 2.05) is 6.92 Å². The van der Waals surface area contributed by atoms with Crippen LogP contribution in [0.4, 0.5) is 0 Å². The molecule has 5 heteroatoms. The molecule has 0 saturated heterocycles.